The van der Waals surface area contributed by atoms with Gasteiger partial charge in [0.2, 0.25) is 0 Å². The van der Waals surface area contributed by atoms with Gasteiger partial charge in [0.05, 0.1) is 5.69 Å². The Balaban J connectivity index is 2.10. The number of aryl methyl sites for hydroxylation is 1. The van der Waals surface area contributed by atoms with Crippen LogP contribution in [-0.4, -0.2) is 4.98 Å². The van der Waals surface area contributed by atoms with Crippen LogP contribution >= 0.6 is 43.2 Å². The Morgan fingerprint density at radius 3 is 2.55 bits per heavy atom. The van der Waals surface area contributed by atoms with Crippen LogP contribution in [0.1, 0.15) is 4.88 Å². The number of halogens is 2. The molecule has 0 radical (unpaired) electrons. The fourth-order valence-electron chi connectivity index (χ4n) is 2.05. The number of rotatable bonds is 2. The van der Waals surface area contributed by atoms with Crippen molar-refractivity contribution in [3.63, 3.8) is 0 Å². The molecule has 0 spiro atoms. The maximum Gasteiger partial charge on any atom is 0.125 e. The molecule has 0 unspecified atom stereocenters. The molecule has 1 nitrogen and oxygen atoms in total. The molecule has 4 heteroatoms. The van der Waals surface area contributed by atoms with Crippen LogP contribution in [0.5, 0.6) is 0 Å². The first kappa shape index (κ1) is 14.0. The highest BCUT2D eigenvalue weighted by Crippen LogP contribution is 2.36. The van der Waals surface area contributed by atoms with Gasteiger partial charge in [0.1, 0.15) is 5.01 Å². The summed E-state index contributed by atoms with van der Waals surface area (Å²) in [5.41, 5.74) is 3.34. The Hall–Kier alpha value is -0.970. The van der Waals surface area contributed by atoms with Crippen LogP contribution in [0.15, 0.2) is 57.5 Å². The predicted octanol–water partition coefficient (Wildman–Crippen LogP) is 6.31. The molecule has 3 aromatic rings. The maximum atomic E-state index is 4.82. The lowest BCUT2D eigenvalue weighted by molar-refractivity contribution is 1.36. The fourth-order valence-corrected chi connectivity index (χ4v) is 4.03. The molecule has 20 heavy (non-hydrogen) atoms. The number of nitrogens with zero attached hydrogens (tertiary/aromatic N) is 1. The molecule has 0 aliphatic carbocycles. The Morgan fingerprint density at radius 1 is 1.00 bits per heavy atom. The van der Waals surface area contributed by atoms with E-state index >= 15 is 0 Å². The van der Waals surface area contributed by atoms with Crippen molar-refractivity contribution >= 4 is 43.2 Å². The van der Waals surface area contributed by atoms with Gasteiger partial charge in [0.25, 0.3) is 0 Å². The van der Waals surface area contributed by atoms with Gasteiger partial charge in [-0.1, -0.05) is 62.2 Å². The minimum absolute atomic E-state index is 1.05. The molecule has 100 valence electrons. The minimum Gasteiger partial charge on any atom is -0.236 e. The standard InChI is InChI=1S/C16H11Br2NS/c1-10-15(11-5-4-6-12(17)9-11)19-16(20-10)13-7-2-3-8-14(13)18/h2-9H,1H3. The maximum absolute atomic E-state index is 4.82. The molecule has 0 saturated carbocycles. The number of benzene rings is 2. The molecule has 0 atom stereocenters. The summed E-state index contributed by atoms with van der Waals surface area (Å²) in [5.74, 6) is 0. The van der Waals surface area contributed by atoms with E-state index in [1.807, 2.05) is 30.3 Å². The van der Waals surface area contributed by atoms with E-state index in [0.29, 0.717) is 0 Å². The van der Waals surface area contributed by atoms with Crippen molar-refractivity contribution < 1.29 is 0 Å². The highest BCUT2D eigenvalue weighted by molar-refractivity contribution is 9.10. The molecular formula is C16H11Br2NS. The summed E-state index contributed by atoms with van der Waals surface area (Å²) in [6.45, 7) is 2.12. The lowest BCUT2D eigenvalue weighted by Gasteiger charge is -2.00. The zero-order chi connectivity index (χ0) is 14.1. The summed E-state index contributed by atoms with van der Waals surface area (Å²) < 4.78 is 2.15. The van der Waals surface area contributed by atoms with Crippen molar-refractivity contribution in [3.05, 3.63) is 62.4 Å². The van der Waals surface area contributed by atoms with Crippen molar-refractivity contribution in [2.75, 3.05) is 0 Å². The number of hydrogen-bond donors (Lipinski definition) is 0. The van der Waals surface area contributed by atoms with Crippen LogP contribution in [0, 0.1) is 6.92 Å². The van der Waals surface area contributed by atoms with Crippen LogP contribution in [0.4, 0.5) is 0 Å². The van der Waals surface area contributed by atoms with Crippen LogP contribution in [-0.2, 0) is 0 Å². The minimum atomic E-state index is 1.05. The third-order valence-electron chi connectivity index (χ3n) is 3.00. The van der Waals surface area contributed by atoms with E-state index in [1.165, 1.54) is 4.88 Å². The SMILES string of the molecule is Cc1sc(-c2ccccc2Br)nc1-c1cccc(Br)c1. The topological polar surface area (TPSA) is 12.9 Å². The highest BCUT2D eigenvalue weighted by atomic mass is 79.9. The first-order valence-electron chi connectivity index (χ1n) is 6.13. The van der Waals surface area contributed by atoms with Crippen LogP contribution in [0.2, 0.25) is 0 Å². The second-order valence-electron chi connectivity index (χ2n) is 4.41. The highest BCUT2D eigenvalue weighted by Gasteiger charge is 2.13. The third-order valence-corrected chi connectivity index (χ3v) is 5.19. The van der Waals surface area contributed by atoms with E-state index in [4.69, 9.17) is 4.98 Å². The number of thiazole rings is 1. The van der Waals surface area contributed by atoms with Gasteiger partial charge in [-0.15, -0.1) is 11.3 Å². The smallest absolute Gasteiger partial charge is 0.125 e. The Bertz CT molecular complexity index is 765. The molecule has 3 rings (SSSR count). The lowest BCUT2D eigenvalue weighted by Crippen LogP contribution is -1.82. The van der Waals surface area contributed by atoms with Crippen molar-refractivity contribution in [2.24, 2.45) is 0 Å². The normalized spacial score (nSPS) is 10.8. The summed E-state index contributed by atoms with van der Waals surface area (Å²) in [6.07, 6.45) is 0. The third kappa shape index (κ3) is 2.73. The fraction of sp³-hybridized carbons (Fsp3) is 0.0625. The van der Waals surface area contributed by atoms with Gasteiger partial charge in [0.15, 0.2) is 0 Å². The van der Waals surface area contributed by atoms with Gasteiger partial charge in [-0.05, 0) is 25.1 Å². The summed E-state index contributed by atoms with van der Waals surface area (Å²) in [7, 11) is 0. The van der Waals surface area contributed by atoms with E-state index in [-0.39, 0.29) is 0 Å². The Labute approximate surface area is 139 Å². The zero-order valence-electron chi connectivity index (χ0n) is 10.7. The average Bonchev–Trinajstić information content (AvgIpc) is 2.81. The van der Waals surface area contributed by atoms with Crippen molar-refractivity contribution in [1.82, 2.24) is 4.98 Å². The summed E-state index contributed by atoms with van der Waals surface area (Å²) in [5, 5.41) is 1.05. The molecule has 0 fully saturated rings. The average molecular weight is 409 g/mol. The molecule has 1 aromatic heterocycles. The number of aromatic nitrogens is 1. The molecule has 0 amide bonds. The molecular weight excluding hydrogens is 398 g/mol. The predicted molar refractivity (Wildman–Crippen MR) is 93.1 cm³/mol. The molecule has 0 bridgehead atoms. The van der Waals surface area contributed by atoms with E-state index in [2.05, 4.69) is 57.0 Å². The lowest BCUT2D eigenvalue weighted by atomic mass is 10.1. The second kappa shape index (κ2) is 5.80. The summed E-state index contributed by atoms with van der Waals surface area (Å²) in [6, 6.07) is 16.5. The molecule has 0 aliphatic heterocycles. The first-order chi connectivity index (χ1) is 9.65. The quantitative estimate of drug-likeness (QED) is 0.484. The summed E-state index contributed by atoms with van der Waals surface area (Å²) in [4.78, 5) is 6.05. The van der Waals surface area contributed by atoms with E-state index in [0.717, 1.165) is 30.8 Å². The molecule has 1 heterocycles. The monoisotopic (exact) mass is 407 g/mol. The Morgan fingerprint density at radius 2 is 1.80 bits per heavy atom. The van der Waals surface area contributed by atoms with Crippen LogP contribution in [0.25, 0.3) is 21.8 Å². The molecule has 0 aliphatic rings. The van der Waals surface area contributed by atoms with Crippen LogP contribution in [0.3, 0.4) is 0 Å². The first-order valence-corrected chi connectivity index (χ1v) is 8.53. The van der Waals surface area contributed by atoms with Crippen LogP contribution < -0.4 is 0 Å². The largest absolute Gasteiger partial charge is 0.236 e. The molecule has 2 aromatic carbocycles. The van der Waals surface area contributed by atoms with Gasteiger partial charge < -0.3 is 0 Å². The molecule has 0 saturated heterocycles. The van der Waals surface area contributed by atoms with Gasteiger partial charge in [0, 0.05) is 24.9 Å². The van der Waals surface area contributed by atoms with Crippen molar-refractivity contribution in [1.29, 1.82) is 0 Å². The second-order valence-corrected chi connectivity index (χ2v) is 7.39. The summed E-state index contributed by atoms with van der Waals surface area (Å²) >= 11 is 8.84. The molecule has 0 N–H and O–H groups in total. The zero-order valence-corrected chi connectivity index (χ0v) is 14.7. The van der Waals surface area contributed by atoms with E-state index in [9.17, 15) is 0 Å². The van der Waals surface area contributed by atoms with Gasteiger partial charge in [-0.2, -0.15) is 0 Å². The van der Waals surface area contributed by atoms with E-state index < -0.39 is 0 Å². The van der Waals surface area contributed by atoms with Gasteiger partial charge in [-0.25, -0.2) is 4.98 Å². The van der Waals surface area contributed by atoms with Crippen molar-refractivity contribution in [3.8, 4) is 21.8 Å². The van der Waals surface area contributed by atoms with Crippen molar-refractivity contribution in [2.45, 2.75) is 6.92 Å². The van der Waals surface area contributed by atoms with Gasteiger partial charge in [-0.3, -0.25) is 0 Å². The van der Waals surface area contributed by atoms with Gasteiger partial charge >= 0.3 is 0 Å². The number of hydrogen-bond acceptors (Lipinski definition) is 2. The Kier molecular flexibility index (Phi) is 4.06. The van der Waals surface area contributed by atoms with E-state index in [1.54, 1.807) is 11.3 Å².